The van der Waals surface area contributed by atoms with E-state index in [1.807, 2.05) is 18.2 Å². The van der Waals surface area contributed by atoms with Crippen LogP contribution in [0.4, 0.5) is 13.2 Å². The molecule has 0 amide bonds. The van der Waals surface area contributed by atoms with E-state index in [-0.39, 0.29) is 12.2 Å². The largest absolute Gasteiger partial charge is 0.416 e. The maximum absolute atomic E-state index is 13.0. The zero-order valence-electron chi connectivity index (χ0n) is 14.4. The molecule has 2 aromatic carbocycles. The van der Waals surface area contributed by atoms with Gasteiger partial charge in [-0.3, -0.25) is 0 Å². The molecule has 0 unspecified atom stereocenters. The molecule has 3 rings (SSSR count). The molecular formula is C21H21F3NO. The fourth-order valence-electron chi connectivity index (χ4n) is 3.47. The summed E-state index contributed by atoms with van der Waals surface area (Å²) < 4.78 is 38.9. The standard InChI is InChI=1S/C21H21F3NO/c22-21(23,24)20-13-7-5-11-18(20)15-26-25-14-17-10-4-6-12-19(17)16-8-2-1-3-9-16/h4-7,10-13,16H,1-3,8-9,15H2. The molecule has 0 aliphatic heterocycles. The van der Waals surface area contributed by atoms with Gasteiger partial charge in [-0.05, 0) is 30.4 Å². The Balaban J connectivity index is 1.67. The van der Waals surface area contributed by atoms with Gasteiger partial charge in [-0.2, -0.15) is 13.2 Å². The van der Waals surface area contributed by atoms with Gasteiger partial charge in [0, 0.05) is 11.1 Å². The highest BCUT2D eigenvalue weighted by molar-refractivity contribution is 5.81. The van der Waals surface area contributed by atoms with Crippen molar-refractivity contribution in [2.75, 3.05) is 0 Å². The van der Waals surface area contributed by atoms with Crippen LogP contribution in [0.5, 0.6) is 0 Å². The molecule has 1 fully saturated rings. The smallest absolute Gasteiger partial charge is 0.390 e. The molecule has 0 saturated heterocycles. The van der Waals surface area contributed by atoms with Gasteiger partial charge in [-0.1, -0.05) is 66.9 Å². The first-order valence-electron chi connectivity index (χ1n) is 8.88. The van der Waals surface area contributed by atoms with Gasteiger partial charge in [0.2, 0.25) is 0 Å². The predicted octanol–water partition coefficient (Wildman–Crippen LogP) is 6.18. The minimum absolute atomic E-state index is 0.0612. The Morgan fingerprint density at radius 1 is 0.962 bits per heavy atom. The Morgan fingerprint density at radius 3 is 2.42 bits per heavy atom. The third kappa shape index (κ3) is 4.65. The number of hydrogen-bond acceptors (Lipinski definition) is 2. The SMILES string of the molecule is FC(F)(F)c1ccccc1CO/N=[C]\c1ccccc1C1CCCCC1. The van der Waals surface area contributed by atoms with E-state index in [2.05, 4.69) is 17.4 Å². The Labute approximate surface area is 151 Å². The van der Waals surface area contributed by atoms with E-state index in [9.17, 15) is 13.2 Å². The molecular weight excluding hydrogens is 339 g/mol. The van der Waals surface area contributed by atoms with E-state index in [0.29, 0.717) is 5.92 Å². The van der Waals surface area contributed by atoms with Crippen molar-refractivity contribution in [1.29, 1.82) is 0 Å². The summed E-state index contributed by atoms with van der Waals surface area (Å²) in [6.45, 7) is -0.242. The van der Waals surface area contributed by atoms with Crippen molar-refractivity contribution in [2.45, 2.75) is 50.8 Å². The number of hydrogen-bond donors (Lipinski definition) is 0. The number of benzene rings is 2. The van der Waals surface area contributed by atoms with Crippen LogP contribution in [0.2, 0.25) is 0 Å². The summed E-state index contributed by atoms with van der Waals surface area (Å²) in [5.41, 5.74) is 1.41. The summed E-state index contributed by atoms with van der Waals surface area (Å²) in [6.07, 6.45) is 4.48. The highest BCUT2D eigenvalue weighted by atomic mass is 19.4. The van der Waals surface area contributed by atoms with Crippen LogP contribution in [-0.2, 0) is 17.6 Å². The first-order chi connectivity index (χ1) is 12.6. The Kier molecular flexibility index (Phi) is 5.96. The Morgan fingerprint density at radius 2 is 1.65 bits per heavy atom. The number of alkyl halides is 3. The van der Waals surface area contributed by atoms with Gasteiger partial charge in [0.05, 0.1) is 5.56 Å². The first kappa shape index (κ1) is 18.5. The molecule has 26 heavy (non-hydrogen) atoms. The molecule has 0 bridgehead atoms. The lowest BCUT2D eigenvalue weighted by Gasteiger charge is -2.23. The topological polar surface area (TPSA) is 21.6 Å². The normalized spacial score (nSPS) is 16.1. The first-order valence-corrected chi connectivity index (χ1v) is 8.88. The van der Waals surface area contributed by atoms with Crippen LogP contribution in [0.25, 0.3) is 0 Å². The lowest BCUT2D eigenvalue weighted by molar-refractivity contribution is -0.138. The van der Waals surface area contributed by atoms with Gasteiger partial charge in [0.15, 0.2) is 0 Å². The van der Waals surface area contributed by atoms with Crippen molar-refractivity contribution in [3.63, 3.8) is 0 Å². The maximum atomic E-state index is 13.0. The lowest BCUT2D eigenvalue weighted by Crippen LogP contribution is -2.09. The van der Waals surface area contributed by atoms with E-state index in [4.69, 9.17) is 4.84 Å². The third-order valence-electron chi connectivity index (χ3n) is 4.78. The van der Waals surface area contributed by atoms with Crippen LogP contribution < -0.4 is 0 Å². The van der Waals surface area contributed by atoms with E-state index in [0.717, 1.165) is 24.5 Å². The fraction of sp³-hybridized carbons (Fsp3) is 0.381. The maximum Gasteiger partial charge on any atom is 0.416 e. The molecule has 137 valence electrons. The summed E-state index contributed by atoms with van der Waals surface area (Å²) >= 11 is 0. The Hall–Kier alpha value is -2.30. The van der Waals surface area contributed by atoms with E-state index in [1.54, 1.807) is 6.07 Å². The third-order valence-corrected chi connectivity index (χ3v) is 4.78. The van der Waals surface area contributed by atoms with Crippen molar-refractivity contribution in [3.05, 3.63) is 70.8 Å². The summed E-state index contributed by atoms with van der Waals surface area (Å²) in [6, 6.07) is 13.3. The lowest BCUT2D eigenvalue weighted by atomic mass is 9.82. The van der Waals surface area contributed by atoms with Gasteiger partial charge >= 0.3 is 6.18 Å². The summed E-state index contributed by atoms with van der Waals surface area (Å²) in [7, 11) is 0. The molecule has 0 aromatic heterocycles. The van der Waals surface area contributed by atoms with Crippen molar-refractivity contribution in [2.24, 2.45) is 5.16 Å². The molecule has 0 atom stereocenters. The van der Waals surface area contributed by atoms with E-state index < -0.39 is 11.7 Å². The number of rotatable bonds is 5. The van der Waals surface area contributed by atoms with Crippen LogP contribution >= 0.6 is 0 Å². The predicted molar refractivity (Wildman–Crippen MR) is 95.0 cm³/mol. The van der Waals surface area contributed by atoms with Crippen molar-refractivity contribution < 1.29 is 18.0 Å². The second-order valence-electron chi connectivity index (χ2n) is 6.55. The molecule has 0 spiro atoms. The Bertz CT molecular complexity index is 749. The molecule has 0 heterocycles. The van der Waals surface area contributed by atoms with Gasteiger partial charge in [0.1, 0.15) is 12.8 Å². The molecule has 2 nitrogen and oxygen atoms in total. The molecule has 1 aliphatic carbocycles. The second-order valence-corrected chi connectivity index (χ2v) is 6.55. The molecule has 0 N–H and O–H groups in total. The molecule has 5 heteroatoms. The van der Waals surface area contributed by atoms with Crippen LogP contribution in [0, 0.1) is 0 Å². The molecule has 1 aliphatic rings. The van der Waals surface area contributed by atoms with Crippen LogP contribution in [0.3, 0.4) is 0 Å². The summed E-state index contributed by atoms with van der Waals surface area (Å²) in [4.78, 5) is 5.12. The highest BCUT2D eigenvalue weighted by Crippen LogP contribution is 2.34. The summed E-state index contributed by atoms with van der Waals surface area (Å²) in [5, 5.41) is 3.80. The van der Waals surface area contributed by atoms with Gasteiger partial charge < -0.3 is 4.84 Å². The zero-order chi connectivity index (χ0) is 18.4. The van der Waals surface area contributed by atoms with Gasteiger partial charge in [-0.25, -0.2) is 0 Å². The van der Waals surface area contributed by atoms with Crippen LogP contribution in [0.15, 0.2) is 53.7 Å². The average Bonchev–Trinajstić information content (AvgIpc) is 2.66. The fourth-order valence-corrected chi connectivity index (χ4v) is 3.47. The van der Waals surface area contributed by atoms with Crippen molar-refractivity contribution in [1.82, 2.24) is 0 Å². The monoisotopic (exact) mass is 360 g/mol. The molecule has 1 radical (unpaired) electrons. The van der Waals surface area contributed by atoms with Gasteiger partial charge in [0.25, 0.3) is 0 Å². The van der Waals surface area contributed by atoms with Gasteiger partial charge in [-0.15, -0.1) is 0 Å². The molecule has 1 saturated carbocycles. The summed E-state index contributed by atoms with van der Waals surface area (Å²) in [5.74, 6) is 0.494. The van der Waals surface area contributed by atoms with Crippen LogP contribution in [-0.4, -0.2) is 6.21 Å². The van der Waals surface area contributed by atoms with E-state index >= 15 is 0 Å². The van der Waals surface area contributed by atoms with E-state index in [1.165, 1.54) is 37.0 Å². The quantitative estimate of drug-likeness (QED) is 0.461. The highest BCUT2D eigenvalue weighted by Gasteiger charge is 2.33. The van der Waals surface area contributed by atoms with Crippen LogP contribution in [0.1, 0.15) is 60.3 Å². The number of halogens is 3. The minimum atomic E-state index is -4.40. The van der Waals surface area contributed by atoms with Crippen molar-refractivity contribution in [3.8, 4) is 0 Å². The zero-order valence-corrected chi connectivity index (χ0v) is 14.4. The minimum Gasteiger partial charge on any atom is -0.390 e. The number of nitrogens with zero attached hydrogens (tertiary/aromatic N) is 1. The molecule has 2 aromatic rings. The average molecular weight is 360 g/mol. The second kappa shape index (κ2) is 8.39. The van der Waals surface area contributed by atoms with Crippen molar-refractivity contribution >= 4 is 6.21 Å².